The third kappa shape index (κ3) is 4.76. The monoisotopic (exact) mass is 695 g/mol. The van der Waals surface area contributed by atoms with E-state index in [4.69, 9.17) is 26.2 Å². The molecule has 0 saturated carbocycles. The molecule has 5 heteroatoms. The minimum absolute atomic E-state index is 0.162. The van der Waals surface area contributed by atoms with Crippen LogP contribution in [0.15, 0.2) is 186 Å². The molecule has 0 atom stereocenters. The van der Waals surface area contributed by atoms with Gasteiger partial charge in [-0.05, 0) is 52.2 Å². The molecule has 0 fully saturated rings. The van der Waals surface area contributed by atoms with Crippen LogP contribution in [0.2, 0.25) is 0 Å². The Labute approximate surface area is 317 Å². The molecule has 3 heterocycles. The molecule has 5 nitrogen and oxygen atoms in total. The summed E-state index contributed by atoms with van der Waals surface area (Å²) in [7, 11) is 0. The van der Waals surface area contributed by atoms with Crippen molar-refractivity contribution in [2.75, 3.05) is 0 Å². The predicted molar refractivity (Wildman–Crippen MR) is 221 cm³/mol. The molecule has 0 saturated heterocycles. The highest BCUT2D eigenvalue weighted by Crippen LogP contribution is 2.43. The summed E-state index contributed by atoms with van der Waals surface area (Å²) in [4.78, 5) is 14.9. The lowest BCUT2D eigenvalue weighted by molar-refractivity contribution is 0.668. The van der Waals surface area contributed by atoms with Gasteiger partial charge in [-0.3, -0.25) is 0 Å². The lowest BCUT2D eigenvalue weighted by Crippen LogP contribution is -2.00. The van der Waals surface area contributed by atoms with Crippen molar-refractivity contribution in [2.45, 2.75) is 0 Å². The largest absolute Gasteiger partial charge is 0.456 e. The zero-order valence-electron chi connectivity index (χ0n) is 33.6. The first-order valence-electron chi connectivity index (χ1n) is 20.2. The molecule has 252 valence electrons. The highest BCUT2D eigenvalue weighted by Gasteiger charge is 2.21. The maximum absolute atomic E-state index is 8.91. The molecule has 54 heavy (non-hydrogen) atoms. The maximum Gasteiger partial charge on any atom is 0.164 e. The minimum atomic E-state index is -0.422. The summed E-state index contributed by atoms with van der Waals surface area (Å²) in [6.45, 7) is 0. The fourth-order valence-electron chi connectivity index (χ4n) is 7.77. The van der Waals surface area contributed by atoms with Crippen LogP contribution in [-0.2, 0) is 0 Å². The number of hydrogen-bond acceptors (Lipinski definition) is 4. The number of fused-ring (bicyclic) bond motifs is 8. The van der Waals surface area contributed by atoms with E-state index >= 15 is 0 Å². The van der Waals surface area contributed by atoms with Gasteiger partial charge in [-0.25, -0.2) is 15.0 Å². The van der Waals surface area contributed by atoms with Crippen molar-refractivity contribution in [3.8, 4) is 51.0 Å². The zero-order chi connectivity index (χ0) is 39.9. The van der Waals surface area contributed by atoms with E-state index in [-0.39, 0.29) is 29.7 Å². The molecule has 0 aliphatic rings. The Kier molecular flexibility index (Phi) is 5.73. The minimum Gasteiger partial charge on any atom is -0.456 e. The summed E-state index contributed by atoms with van der Waals surface area (Å²) in [5, 5.41) is 5.52. The van der Waals surface area contributed by atoms with Crippen molar-refractivity contribution >= 4 is 54.5 Å². The van der Waals surface area contributed by atoms with E-state index in [0.717, 1.165) is 65.7 Å². The first-order chi connectivity index (χ1) is 28.9. The molecule has 0 bridgehead atoms. The average Bonchev–Trinajstić information content (AvgIpc) is 3.83. The highest BCUT2D eigenvalue weighted by molar-refractivity contribution is 6.24. The number of aromatic nitrogens is 4. The number of furan rings is 1. The molecular formula is C49H30N4O. The number of rotatable bonds is 5. The summed E-state index contributed by atoms with van der Waals surface area (Å²) in [5.41, 5.74) is 7.29. The first kappa shape index (κ1) is 25.6. The number of benzene rings is 8. The van der Waals surface area contributed by atoms with Crippen molar-refractivity contribution in [3.05, 3.63) is 182 Å². The Morgan fingerprint density at radius 3 is 1.81 bits per heavy atom. The molecule has 0 radical (unpaired) electrons. The van der Waals surface area contributed by atoms with Gasteiger partial charge in [0.05, 0.1) is 17.9 Å². The van der Waals surface area contributed by atoms with Gasteiger partial charge in [0.15, 0.2) is 17.5 Å². The van der Waals surface area contributed by atoms with E-state index in [2.05, 4.69) is 28.8 Å². The smallest absolute Gasteiger partial charge is 0.164 e. The molecule has 0 aliphatic carbocycles. The number of para-hydroxylation sites is 1. The average molecular weight is 696 g/mol. The van der Waals surface area contributed by atoms with Crippen LogP contribution < -0.4 is 0 Å². The van der Waals surface area contributed by atoms with Crippen molar-refractivity contribution < 1.29 is 11.3 Å². The van der Waals surface area contributed by atoms with Gasteiger partial charge in [0.2, 0.25) is 0 Å². The molecule has 3 aromatic heterocycles. The van der Waals surface area contributed by atoms with E-state index in [9.17, 15) is 0 Å². The van der Waals surface area contributed by atoms with E-state index in [0.29, 0.717) is 34.2 Å². The summed E-state index contributed by atoms with van der Waals surface area (Å²) in [6.07, 6.45) is 0. The van der Waals surface area contributed by atoms with Gasteiger partial charge in [-0.2, -0.15) is 0 Å². The Morgan fingerprint density at radius 1 is 0.426 bits per heavy atom. The van der Waals surface area contributed by atoms with Crippen LogP contribution in [-0.4, -0.2) is 19.5 Å². The second-order valence-corrected chi connectivity index (χ2v) is 13.2. The third-order valence-corrected chi connectivity index (χ3v) is 10.1. The van der Waals surface area contributed by atoms with Crippen molar-refractivity contribution in [1.29, 1.82) is 0 Å². The van der Waals surface area contributed by atoms with Crippen LogP contribution >= 0.6 is 0 Å². The van der Waals surface area contributed by atoms with Gasteiger partial charge in [0.1, 0.15) is 11.2 Å². The maximum atomic E-state index is 8.91. The van der Waals surface area contributed by atoms with E-state index < -0.39 is 6.04 Å². The molecule has 0 spiro atoms. The second kappa shape index (κ2) is 12.1. The predicted octanol–water partition coefficient (Wildman–Crippen LogP) is 12.7. The van der Waals surface area contributed by atoms with Gasteiger partial charge in [-0.15, -0.1) is 0 Å². The van der Waals surface area contributed by atoms with Crippen LogP contribution in [0, 0.1) is 0 Å². The molecule has 8 aromatic carbocycles. The summed E-state index contributed by atoms with van der Waals surface area (Å²) >= 11 is 0. The van der Waals surface area contributed by atoms with Crippen LogP contribution in [0.25, 0.3) is 105 Å². The zero-order valence-corrected chi connectivity index (χ0v) is 28.6. The number of nitrogens with zero attached hydrogens (tertiary/aromatic N) is 4. The fourth-order valence-corrected chi connectivity index (χ4v) is 7.77. The van der Waals surface area contributed by atoms with Gasteiger partial charge < -0.3 is 8.98 Å². The Morgan fingerprint density at radius 2 is 1.07 bits per heavy atom. The number of hydrogen-bond donors (Lipinski definition) is 0. The molecule has 0 aliphatic heterocycles. The van der Waals surface area contributed by atoms with Gasteiger partial charge in [0.25, 0.3) is 0 Å². The van der Waals surface area contributed by atoms with E-state index in [1.165, 1.54) is 0 Å². The Balaban J connectivity index is 1.15. The lowest BCUT2D eigenvalue weighted by Gasteiger charge is -2.12. The molecule has 11 aromatic rings. The Hall–Kier alpha value is -7.37. The summed E-state index contributed by atoms with van der Waals surface area (Å²) in [6, 6.07) is 48.3. The van der Waals surface area contributed by atoms with Crippen LogP contribution in [0.4, 0.5) is 0 Å². The standard InChI is InChI=1S/C49H30N4O/c1-4-15-31(16-5-1)40-30-42-45(36-22-11-10-21-35(36)40)37-23-12-13-25-41(37)53(42)34-27-28-38-44(29-34)54-43-26-14-24-39(46(38)43)49-51-47(32-17-6-2-7-18-32)50-48(52-49)33-19-8-3-9-20-33/h1-30H/i1D,4D,5D,15D,16D. The topological polar surface area (TPSA) is 56.7 Å². The van der Waals surface area contributed by atoms with E-state index in [1.54, 1.807) is 0 Å². The van der Waals surface area contributed by atoms with Crippen molar-refractivity contribution in [3.63, 3.8) is 0 Å². The van der Waals surface area contributed by atoms with Gasteiger partial charge in [0, 0.05) is 50.0 Å². The first-order valence-corrected chi connectivity index (χ1v) is 17.7. The van der Waals surface area contributed by atoms with Gasteiger partial charge in [-0.1, -0.05) is 145 Å². The fraction of sp³-hybridized carbons (Fsp3) is 0. The summed E-state index contributed by atoms with van der Waals surface area (Å²) < 4.78 is 51.8. The molecule has 0 unspecified atom stereocenters. The molecule has 0 N–H and O–H groups in total. The quantitative estimate of drug-likeness (QED) is 0.180. The van der Waals surface area contributed by atoms with Crippen LogP contribution in [0.1, 0.15) is 6.85 Å². The third-order valence-electron chi connectivity index (χ3n) is 10.1. The van der Waals surface area contributed by atoms with E-state index in [1.807, 2.05) is 127 Å². The van der Waals surface area contributed by atoms with Crippen molar-refractivity contribution in [2.24, 2.45) is 0 Å². The van der Waals surface area contributed by atoms with Crippen LogP contribution in [0.3, 0.4) is 0 Å². The van der Waals surface area contributed by atoms with Crippen LogP contribution in [0.5, 0.6) is 0 Å². The second-order valence-electron chi connectivity index (χ2n) is 13.2. The molecule has 0 amide bonds. The Bertz CT molecular complexity index is 3420. The highest BCUT2D eigenvalue weighted by atomic mass is 16.3. The SMILES string of the molecule is [2H]c1c([2H])c([2H])c(-c2cc3c(c4ccccc24)c2ccccc2n3-c2ccc3c(c2)oc2cccc(-c4nc(-c5ccccc5)nc(-c5ccccc5)n4)c23)c([2H])c1[2H]. The van der Waals surface area contributed by atoms with Crippen molar-refractivity contribution in [1.82, 2.24) is 19.5 Å². The summed E-state index contributed by atoms with van der Waals surface area (Å²) in [5.74, 6) is 1.68. The normalized spacial score (nSPS) is 13.0. The molecule has 11 rings (SSSR count). The van der Waals surface area contributed by atoms with Gasteiger partial charge >= 0.3 is 0 Å². The molecular weight excluding hydrogens is 661 g/mol. The lowest BCUT2D eigenvalue weighted by atomic mass is 9.95.